The number of nitrogens with two attached hydrogens (primary N) is 1. The first kappa shape index (κ1) is 18.3. The van der Waals surface area contributed by atoms with E-state index in [0.29, 0.717) is 12.5 Å². The number of rotatable bonds is 7. The molecule has 0 aliphatic heterocycles. The molecular weight excluding hydrogens is 316 g/mol. The Morgan fingerprint density at radius 2 is 1.83 bits per heavy atom. The second-order valence-corrected chi connectivity index (χ2v) is 6.54. The first-order chi connectivity index (χ1) is 11.3. The minimum Gasteiger partial charge on any atom is -0.353 e. The van der Waals surface area contributed by atoms with Gasteiger partial charge < -0.3 is 16.4 Å². The molecule has 0 aromatic heterocycles. The number of benzene rings is 1. The molecule has 1 fully saturated rings. The van der Waals surface area contributed by atoms with Crippen molar-refractivity contribution in [2.24, 2.45) is 17.6 Å². The Morgan fingerprint density at radius 3 is 2.33 bits per heavy atom. The average Bonchev–Trinajstić information content (AvgIpc) is 3.34. The number of nitrogens with one attached hydrogen (secondary N) is 2. The number of carbonyl (C=O) groups is 2. The number of hydrogen-bond acceptors (Lipinski definition) is 3. The zero-order valence-corrected chi connectivity index (χ0v) is 13.8. The lowest BCUT2D eigenvalue weighted by molar-refractivity contribution is -0.124. The summed E-state index contributed by atoms with van der Waals surface area (Å²) >= 11 is 0. The van der Waals surface area contributed by atoms with E-state index in [9.17, 15) is 18.4 Å². The van der Waals surface area contributed by atoms with Crippen LogP contribution in [0.4, 0.5) is 8.78 Å². The van der Waals surface area contributed by atoms with Gasteiger partial charge in [-0.05, 0) is 36.8 Å². The van der Waals surface area contributed by atoms with E-state index in [0.717, 1.165) is 25.0 Å². The molecule has 2 amide bonds. The van der Waals surface area contributed by atoms with Crippen LogP contribution in [0.3, 0.4) is 0 Å². The van der Waals surface area contributed by atoms with Crippen LogP contribution in [0.15, 0.2) is 18.2 Å². The van der Waals surface area contributed by atoms with E-state index in [2.05, 4.69) is 10.6 Å². The number of hydrogen-bond donors (Lipinski definition) is 3. The average molecular weight is 339 g/mol. The van der Waals surface area contributed by atoms with Crippen LogP contribution in [0.1, 0.15) is 37.0 Å². The molecule has 1 aromatic rings. The van der Waals surface area contributed by atoms with Gasteiger partial charge >= 0.3 is 0 Å². The molecule has 0 bridgehead atoms. The van der Waals surface area contributed by atoms with Gasteiger partial charge in [0.1, 0.15) is 23.2 Å². The summed E-state index contributed by atoms with van der Waals surface area (Å²) in [6.07, 6.45) is 2.13. The van der Waals surface area contributed by atoms with E-state index in [1.54, 1.807) is 13.8 Å². The summed E-state index contributed by atoms with van der Waals surface area (Å²) in [5.74, 6) is -3.11. The Morgan fingerprint density at radius 1 is 1.25 bits per heavy atom. The van der Waals surface area contributed by atoms with Crippen molar-refractivity contribution in [3.8, 4) is 0 Å². The molecule has 0 saturated heterocycles. The van der Waals surface area contributed by atoms with Gasteiger partial charge in [-0.3, -0.25) is 9.59 Å². The summed E-state index contributed by atoms with van der Waals surface area (Å²) in [5.41, 5.74) is 5.25. The van der Waals surface area contributed by atoms with Crippen molar-refractivity contribution >= 4 is 11.8 Å². The lowest BCUT2D eigenvalue weighted by atomic mass is 10.0. The lowest BCUT2D eigenvalue weighted by Gasteiger charge is -2.23. The van der Waals surface area contributed by atoms with Crippen molar-refractivity contribution in [1.82, 2.24) is 10.6 Å². The standard InChI is InChI=1S/C17H23F2N3O2/c1-9(2)15(17(24)21-8-13(20)10-6-7-10)22-16(23)14-11(18)4-3-5-12(14)19/h3-5,9-10,13,15H,6-8,20H2,1-2H3,(H,21,24)(H,22,23). The Labute approximate surface area is 140 Å². The molecule has 1 aliphatic rings. The highest BCUT2D eigenvalue weighted by molar-refractivity contribution is 5.98. The highest BCUT2D eigenvalue weighted by Crippen LogP contribution is 2.31. The fourth-order valence-corrected chi connectivity index (χ4v) is 2.48. The molecule has 7 heteroatoms. The van der Waals surface area contributed by atoms with E-state index in [1.165, 1.54) is 6.07 Å². The van der Waals surface area contributed by atoms with Crippen molar-refractivity contribution in [2.45, 2.75) is 38.8 Å². The first-order valence-electron chi connectivity index (χ1n) is 8.09. The van der Waals surface area contributed by atoms with Gasteiger partial charge in [-0.15, -0.1) is 0 Å². The smallest absolute Gasteiger partial charge is 0.257 e. The monoisotopic (exact) mass is 339 g/mol. The van der Waals surface area contributed by atoms with Crippen LogP contribution < -0.4 is 16.4 Å². The normalized spacial score (nSPS) is 16.6. The van der Waals surface area contributed by atoms with Crippen molar-refractivity contribution in [2.75, 3.05) is 6.54 Å². The summed E-state index contributed by atoms with van der Waals surface area (Å²) in [7, 11) is 0. The number of amides is 2. The molecule has 1 saturated carbocycles. The zero-order valence-electron chi connectivity index (χ0n) is 13.8. The summed E-state index contributed by atoms with van der Waals surface area (Å²) in [6.45, 7) is 3.79. The maximum absolute atomic E-state index is 13.7. The highest BCUT2D eigenvalue weighted by atomic mass is 19.1. The fraction of sp³-hybridized carbons (Fsp3) is 0.529. The maximum Gasteiger partial charge on any atom is 0.257 e. The molecular formula is C17H23F2N3O2. The Bertz CT molecular complexity index is 598. The van der Waals surface area contributed by atoms with Crippen molar-refractivity contribution in [3.05, 3.63) is 35.4 Å². The highest BCUT2D eigenvalue weighted by Gasteiger charge is 2.31. The summed E-state index contributed by atoms with van der Waals surface area (Å²) < 4.78 is 27.4. The predicted octanol–water partition coefficient (Wildman–Crippen LogP) is 1.57. The Kier molecular flexibility index (Phi) is 5.88. The third-order valence-electron chi connectivity index (χ3n) is 4.17. The van der Waals surface area contributed by atoms with Crippen LogP contribution in [0, 0.1) is 23.5 Å². The molecule has 5 nitrogen and oxygen atoms in total. The van der Waals surface area contributed by atoms with Crippen LogP contribution in [0.5, 0.6) is 0 Å². The quantitative estimate of drug-likeness (QED) is 0.705. The second-order valence-electron chi connectivity index (χ2n) is 6.54. The third kappa shape index (κ3) is 4.50. The molecule has 1 aliphatic carbocycles. The summed E-state index contributed by atoms with van der Waals surface area (Å²) in [6, 6.07) is 2.16. The summed E-state index contributed by atoms with van der Waals surface area (Å²) in [4.78, 5) is 24.5. The predicted molar refractivity (Wildman–Crippen MR) is 86.2 cm³/mol. The molecule has 4 N–H and O–H groups in total. The van der Waals surface area contributed by atoms with E-state index < -0.39 is 35.1 Å². The fourth-order valence-electron chi connectivity index (χ4n) is 2.48. The largest absolute Gasteiger partial charge is 0.353 e. The minimum atomic E-state index is -0.967. The van der Waals surface area contributed by atoms with Gasteiger partial charge in [-0.2, -0.15) is 0 Å². The van der Waals surface area contributed by atoms with Gasteiger partial charge in [-0.1, -0.05) is 19.9 Å². The van der Waals surface area contributed by atoms with Crippen LogP contribution in [0.2, 0.25) is 0 Å². The topological polar surface area (TPSA) is 84.2 Å². The SMILES string of the molecule is CC(C)C(NC(=O)c1c(F)cccc1F)C(=O)NCC(N)C1CC1. The molecule has 0 radical (unpaired) electrons. The minimum absolute atomic E-state index is 0.110. The van der Waals surface area contributed by atoms with E-state index >= 15 is 0 Å². The van der Waals surface area contributed by atoms with Gasteiger partial charge in [0.15, 0.2) is 0 Å². The van der Waals surface area contributed by atoms with Crippen molar-refractivity contribution < 1.29 is 18.4 Å². The van der Waals surface area contributed by atoms with Crippen molar-refractivity contribution in [3.63, 3.8) is 0 Å². The molecule has 2 rings (SSSR count). The van der Waals surface area contributed by atoms with Gasteiger partial charge in [0.05, 0.1) is 0 Å². The van der Waals surface area contributed by atoms with Gasteiger partial charge in [-0.25, -0.2) is 8.78 Å². The lowest BCUT2D eigenvalue weighted by Crippen LogP contribution is -2.52. The molecule has 2 atom stereocenters. The molecule has 0 spiro atoms. The third-order valence-corrected chi connectivity index (χ3v) is 4.17. The zero-order chi connectivity index (χ0) is 17.9. The Hall–Kier alpha value is -2.02. The van der Waals surface area contributed by atoms with Crippen LogP contribution >= 0.6 is 0 Å². The molecule has 132 valence electrons. The molecule has 2 unspecified atom stereocenters. The van der Waals surface area contributed by atoms with E-state index in [4.69, 9.17) is 5.73 Å². The molecule has 24 heavy (non-hydrogen) atoms. The maximum atomic E-state index is 13.7. The van der Waals surface area contributed by atoms with Gasteiger partial charge in [0.25, 0.3) is 5.91 Å². The second kappa shape index (κ2) is 7.70. The first-order valence-corrected chi connectivity index (χ1v) is 8.09. The summed E-state index contributed by atoms with van der Waals surface area (Å²) in [5, 5.41) is 5.12. The Balaban J connectivity index is 2.01. The van der Waals surface area contributed by atoms with Crippen molar-refractivity contribution in [1.29, 1.82) is 0 Å². The molecule has 1 aromatic carbocycles. The number of carbonyl (C=O) groups excluding carboxylic acids is 2. The molecule has 0 heterocycles. The van der Waals surface area contributed by atoms with Crippen LogP contribution in [0.25, 0.3) is 0 Å². The van der Waals surface area contributed by atoms with Gasteiger partial charge in [0, 0.05) is 12.6 Å². The van der Waals surface area contributed by atoms with Crippen LogP contribution in [-0.4, -0.2) is 30.4 Å². The van der Waals surface area contributed by atoms with Gasteiger partial charge in [0.2, 0.25) is 5.91 Å². The van der Waals surface area contributed by atoms with E-state index in [-0.39, 0.29) is 12.0 Å². The van der Waals surface area contributed by atoms with Crippen LogP contribution in [-0.2, 0) is 4.79 Å². The number of halogens is 2. The van der Waals surface area contributed by atoms with E-state index in [1.807, 2.05) is 0 Å².